The molecule has 0 aromatic rings. The van der Waals surface area contributed by atoms with E-state index in [-0.39, 0.29) is 6.10 Å². The van der Waals surface area contributed by atoms with Crippen LogP contribution in [-0.2, 0) is 9.47 Å². The maximum Gasteiger partial charge on any atom is 0.181 e. The molecule has 4 atom stereocenters. The van der Waals surface area contributed by atoms with Crippen molar-refractivity contribution in [3.63, 3.8) is 0 Å². The molecule has 0 saturated carbocycles. The summed E-state index contributed by atoms with van der Waals surface area (Å²) in [5.74, 6) is 0. The average molecular weight is 158 g/mol. The molecule has 11 heavy (non-hydrogen) atoms. The number of hydrogen-bond acceptors (Lipinski definition) is 3. The number of rotatable bonds is 4. The predicted molar refractivity (Wildman–Crippen MR) is 39.1 cm³/mol. The van der Waals surface area contributed by atoms with Gasteiger partial charge in [-0.25, -0.2) is 0 Å². The highest BCUT2D eigenvalue weighted by Gasteiger charge is 2.41. The highest BCUT2D eigenvalue weighted by molar-refractivity contribution is 4.86. The van der Waals surface area contributed by atoms with Crippen LogP contribution in [0.4, 0.5) is 0 Å². The Morgan fingerprint density at radius 1 is 1.09 bits per heavy atom. The van der Waals surface area contributed by atoms with Crippen LogP contribution in [0.3, 0.4) is 0 Å². The topological polar surface area (TPSA) is 45.3 Å². The summed E-state index contributed by atoms with van der Waals surface area (Å²) in [5.41, 5.74) is 0. The number of aliphatic hydroxyl groups excluding tert-OH is 1. The second-order valence-electron chi connectivity index (χ2n) is 3.26. The summed E-state index contributed by atoms with van der Waals surface area (Å²) in [6.45, 7) is 2.13. The summed E-state index contributed by atoms with van der Waals surface area (Å²) in [4.78, 5) is 0. The number of hydrogen-bond donors (Lipinski definition) is 1. The average Bonchev–Trinajstić information content (AvgIpc) is 2.83. The Morgan fingerprint density at radius 2 is 1.73 bits per heavy atom. The molecule has 0 bridgehead atoms. The summed E-state index contributed by atoms with van der Waals surface area (Å²) in [6, 6.07) is 0. The van der Waals surface area contributed by atoms with E-state index in [1.165, 1.54) is 0 Å². The van der Waals surface area contributed by atoms with Crippen LogP contribution in [0.25, 0.3) is 0 Å². The first-order valence-corrected chi connectivity index (χ1v) is 4.30. The van der Waals surface area contributed by atoms with Crippen LogP contribution in [0.2, 0.25) is 0 Å². The molecule has 4 unspecified atom stereocenters. The van der Waals surface area contributed by atoms with Gasteiger partial charge < -0.3 is 14.6 Å². The van der Waals surface area contributed by atoms with Gasteiger partial charge in [0.2, 0.25) is 0 Å². The molecule has 1 N–H and O–H groups in total. The Morgan fingerprint density at radius 3 is 2.18 bits per heavy atom. The van der Waals surface area contributed by atoms with Gasteiger partial charge in [0.05, 0.1) is 12.2 Å². The number of aliphatic hydroxyl groups is 1. The van der Waals surface area contributed by atoms with Crippen LogP contribution in [0.15, 0.2) is 0 Å². The second kappa shape index (κ2) is 2.73. The fraction of sp³-hybridized carbons (Fsp3) is 1.00. The van der Waals surface area contributed by atoms with E-state index in [9.17, 15) is 0 Å². The van der Waals surface area contributed by atoms with E-state index in [1.807, 2.05) is 0 Å². The minimum absolute atomic E-state index is 0.108. The molecular weight excluding hydrogens is 144 g/mol. The molecule has 2 saturated heterocycles. The monoisotopic (exact) mass is 158 g/mol. The highest BCUT2D eigenvalue weighted by Crippen LogP contribution is 2.33. The zero-order valence-corrected chi connectivity index (χ0v) is 6.69. The van der Waals surface area contributed by atoms with Crippen LogP contribution < -0.4 is 0 Å². The molecule has 2 rings (SSSR count). The maximum absolute atomic E-state index is 8.82. The van der Waals surface area contributed by atoms with Crippen LogP contribution in [-0.4, -0.2) is 29.7 Å². The van der Waals surface area contributed by atoms with Crippen molar-refractivity contribution in [2.75, 3.05) is 0 Å². The standard InChI is InChI=1S/C8H14O3/c1-2-5-6(10-5)3-4-7-8(9)11-7/h5-9H,2-4H2,1H3. The lowest BCUT2D eigenvalue weighted by Crippen LogP contribution is -1.97. The number of epoxide rings is 2. The van der Waals surface area contributed by atoms with Gasteiger partial charge in [0.25, 0.3) is 0 Å². The number of ether oxygens (including phenoxy) is 2. The fourth-order valence-electron chi connectivity index (χ4n) is 1.47. The van der Waals surface area contributed by atoms with Gasteiger partial charge in [-0.2, -0.15) is 0 Å². The van der Waals surface area contributed by atoms with E-state index in [0.717, 1.165) is 19.3 Å². The lowest BCUT2D eigenvalue weighted by Gasteiger charge is -1.89. The first-order chi connectivity index (χ1) is 5.31. The molecule has 0 aromatic carbocycles. The largest absolute Gasteiger partial charge is 0.370 e. The van der Waals surface area contributed by atoms with Gasteiger partial charge >= 0.3 is 0 Å². The molecule has 0 aromatic heterocycles. The van der Waals surface area contributed by atoms with Crippen LogP contribution in [0.1, 0.15) is 26.2 Å². The van der Waals surface area contributed by atoms with Gasteiger partial charge in [-0.15, -0.1) is 0 Å². The maximum atomic E-state index is 8.82. The lowest BCUT2D eigenvalue weighted by molar-refractivity contribution is 0.156. The highest BCUT2D eigenvalue weighted by atomic mass is 16.7. The lowest BCUT2D eigenvalue weighted by atomic mass is 10.1. The third kappa shape index (κ3) is 1.72. The second-order valence-corrected chi connectivity index (χ2v) is 3.26. The van der Waals surface area contributed by atoms with Crippen molar-refractivity contribution in [1.82, 2.24) is 0 Å². The van der Waals surface area contributed by atoms with Crippen molar-refractivity contribution in [2.45, 2.75) is 50.8 Å². The molecule has 64 valence electrons. The molecule has 2 heterocycles. The third-order valence-electron chi connectivity index (χ3n) is 2.38. The zero-order chi connectivity index (χ0) is 7.84. The van der Waals surface area contributed by atoms with Crippen molar-refractivity contribution >= 4 is 0 Å². The summed E-state index contributed by atoms with van der Waals surface area (Å²) in [6.07, 6.45) is 3.68. The first kappa shape index (κ1) is 7.53. The van der Waals surface area contributed by atoms with Crippen molar-refractivity contribution in [3.8, 4) is 0 Å². The molecule has 0 amide bonds. The summed E-state index contributed by atoms with van der Waals surface area (Å²) >= 11 is 0. The Labute approximate surface area is 66.3 Å². The SMILES string of the molecule is CCC1OC1CCC1OC1O. The minimum atomic E-state index is -0.478. The van der Waals surface area contributed by atoms with E-state index >= 15 is 0 Å². The third-order valence-corrected chi connectivity index (χ3v) is 2.38. The van der Waals surface area contributed by atoms with Gasteiger partial charge in [0.1, 0.15) is 6.10 Å². The van der Waals surface area contributed by atoms with E-state index in [4.69, 9.17) is 14.6 Å². The van der Waals surface area contributed by atoms with Crippen molar-refractivity contribution in [2.24, 2.45) is 0 Å². The zero-order valence-electron chi connectivity index (χ0n) is 6.69. The molecule has 2 aliphatic heterocycles. The van der Waals surface area contributed by atoms with Crippen molar-refractivity contribution < 1.29 is 14.6 Å². The molecule has 0 aliphatic carbocycles. The molecule has 0 spiro atoms. The van der Waals surface area contributed by atoms with Crippen molar-refractivity contribution in [1.29, 1.82) is 0 Å². The van der Waals surface area contributed by atoms with Crippen LogP contribution in [0, 0.1) is 0 Å². The molecule has 2 aliphatic rings. The summed E-state index contributed by atoms with van der Waals surface area (Å²) in [5, 5.41) is 8.82. The Hall–Kier alpha value is -0.120. The van der Waals surface area contributed by atoms with Crippen LogP contribution >= 0.6 is 0 Å². The first-order valence-electron chi connectivity index (χ1n) is 4.30. The van der Waals surface area contributed by atoms with E-state index in [1.54, 1.807) is 0 Å². The molecule has 0 radical (unpaired) electrons. The molecule has 2 fully saturated rings. The summed E-state index contributed by atoms with van der Waals surface area (Å²) < 4.78 is 10.2. The smallest absolute Gasteiger partial charge is 0.181 e. The fourth-order valence-corrected chi connectivity index (χ4v) is 1.47. The minimum Gasteiger partial charge on any atom is -0.370 e. The Bertz CT molecular complexity index is 148. The van der Waals surface area contributed by atoms with Gasteiger partial charge in [-0.3, -0.25) is 0 Å². The molecule has 3 heteroatoms. The van der Waals surface area contributed by atoms with Gasteiger partial charge in [-0.05, 0) is 19.3 Å². The van der Waals surface area contributed by atoms with E-state index in [2.05, 4.69) is 6.92 Å². The Balaban J connectivity index is 1.55. The van der Waals surface area contributed by atoms with Gasteiger partial charge in [0.15, 0.2) is 6.29 Å². The van der Waals surface area contributed by atoms with E-state index < -0.39 is 6.29 Å². The van der Waals surface area contributed by atoms with Crippen molar-refractivity contribution in [3.05, 3.63) is 0 Å². The normalized spacial score (nSPS) is 47.5. The van der Waals surface area contributed by atoms with Crippen LogP contribution in [0.5, 0.6) is 0 Å². The van der Waals surface area contributed by atoms with Gasteiger partial charge in [-0.1, -0.05) is 6.92 Å². The quantitative estimate of drug-likeness (QED) is 0.611. The molecular formula is C8H14O3. The van der Waals surface area contributed by atoms with Gasteiger partial charge in [0, 0.05) is 0 Å². The van der Waals surface area contributed by atoms with E-state index in [0.29, 0.717) is 12.2 Å². The molecule has 3 nitrogen and oxygen atoms in total. The summed E-state index contributed by atoms with van der Waals surface area (Å²) in [7, 11) is 0. The Kier molecular flexibility index (Phi) is 1.87. The predicted octanol–water partition coefficient (Wildman–Crippen LogP) is 0.661.